The minimum absolute atomic E-state index is 0.117. The predicted molar refractivity (Wildman–Crippen MR) is 69.0 cm³/mol. The van der Waals surface area contributed by atoms with Crippen LogP contribution in [0.5, 0.6) is 0 Å². The fraction of sp³-hybridized carbons (Fsp3) is 0.846. The highest BCUT2D eigenvalue weighted by Crippen LogP contribution is 2.15. The van der Waals surface area contributed by atoms with E-state index in [2.05, 4.69) is 45.2 Å². The lowest BCUT2D eigenvalue weighted by Gasteiger charge is -2.30. The van der Waals surface area contributed by atoms with Crippen molar-refractivity contribution in [3.63, 3.8) is 0 Å². The third-order valence-electron chi connectivity index (χ3n) is 2.82. The van der Waals surface area contributed by atoms with Crippen LogP contribution in [0.4, 0.5) is 0 Å². The van der Waals surface area contributed by atoms with Crippen LogP contribution < -0.4 is 11.1 Å². The van der Waals surface area contributed by atoms with Crippen LogP contribution in [-0.4, -0.2) is 18.6 Å². The van der Waals surface area contributed by atoms with Crippen molar-refractivity contribution >= 4 is 0 Å². The summed E-state index contributed by atoms with van der Waals surface area (Å²) >= 11 is 0. The molecule has 0 aliphatic heterocycles. The zero-order chi connectivity index (χ0) is 11.7. The first-order valence-corrected chi connectivity index (χ1v) is 6.10. The van der Waals surface area contributed by atoms with Crippen molar-refractivity contribution in [2.45, 2.75) is 52.5 Å². The first-order chi connectivity index (χ1) is 7.04. The summed E-state index contributed by atoms with van der Waals surface area (Å²) in [7, 11) is 0. The van der Waals surface area contributed by atoms with Gasteiger partial charge in [0, 0.05) is 12.1 Å². The molecular formula is C13H28N2. The van der Waals surface area contributed by atoms with E-state index in [-0.39, 0.29) is 5.54 Å². The van der Waals surface area contributed by atoms with Gasteiger partial charge in [-0.25, -0.2) is 0 Å². The summed E-state index contributed by atoms with van der Waals surface area (Å²) < 4.78 is 0. The highest BCUT2D eigenvalue weighted by atomic mass is 15.0. The van der Waals surface area contributed by atoms with E-state index in [1.165, 1.54) is 6.42 Å². The van der Waals surface area contributed by atoms with E-state index in [0.29, 0.717) is 0 Å². The molecule has 90 valence electrons. The van der Waals surface area contributed by atoms with Crippen molar-refractivity contribution in [1.82, 2.24) is 5.32 Å². The zero-order valence-electron chi connectivity index (χ0n) is 10.8. The Morgan fingerprint density at radius 1 is 1.40 bits per heavy atom. The molecule has 0 amide bonds. The molecule has 2 nitrogen and oxygen atoms in total. The van der Waals surface area contributed by atoms with Crippen molar-refractivity contribution in [1.29, 1.82) is 0 Å². The highest BCUT2D eigenvalue weighted by Gasteiger charge is 2.20. The number of nitrogens with one attached hydrogen (secondary N) is 1. The van der Waals surface area contributed by atoms with Gasteiger partial charge in [-0.15, -0.1) is 0 Å². The van der Waals surface area contributed by atoms with Crippen LogP contribution in [0.15, 0.2) is 12.2 Å². The second kappa shape index (κ2) is 7.89. The van der Waals surface area contributed by atoms with Gasteiger partial charge in [-0.05, 0) is 45.6 Å². The van der Waals surface area contributed by atoms with E-state index in [0.717, 1.165) is 31.8 Å². The molecule has 0 aromatic rings. The summed E-state index contributed by atoms with van der Waals surface area (Å²) in [5, 5.41) is 3.56. The van der Waals surface area contributed by atoms with Crippen LogP contribution in [0.1, 0.15) is 47.0 Å². The normalized spacial score (nSPS) is 16.1. The number of hydrogen-bond donors (Lipinski definition) is 2. The van der Waals surface area contributed by atoms with Crippen molar-refractivity contribution < 1.29 is 0 Å². The summed E-state index contributed by atoms with van der Waals surface area (Å²) in [6.07, 6.45) is 7.77. The van der Waals surface area contributed by atoms with E-state index in [1.54, 1.807) is 0 Å². The first-order valence-electron chi connectivity index (χ1n) is 6.10. The number of nitrogens with two attached hydrogens (primary N) is 1. The molecule has 0 aliphatic carbocycles. The van der Waals surface area contributed by atoms with Gasteiger partial charge in [0.25, 0.3) is 0 Å². The van der Waals surface area contributed by atoms with Crippen LogP contribution in [0.25, 0.3) is 0 Å². The predicted octanol–water partition coefficient (Wildman–Crippen LogP) is 2.70. The molecule has 1 unspecified atom stereocenters. The lowest BCUT2D eigenvalue weighted by Crippen LogP contribution is -2.49. The van der Waals surface area contributed by atoms with Gasteiger partial charge in [-0.2, -0.15) is 0 Å². The van der Waals surface area contributed by atoms with Crippen LogP contribution in [0, 0.1) is 5.92 Å². The molecule has 0 radical (unpaired) electrons. The molecule has 3 N–H and O–H groups in total. The molecule has 1 atom stereocenters. The second-order valence-electron chi connectivity index (χ2n) is 4.98. The van der Waals surface area contributed by atoms with E-state index >= 15 is 0 Å². The Labute approximate surface area is 95.3 Å². The summed E-state index contributed by atoms with van der Waals surface area (Å²) in [6, 6.07) is 0. The van der Waals surface area contributed by atoms with Crippen LogP contribution in [0.3, 0.4) is 0 Å². The second-order valence-corrected chi connectivity index (χ2v) is 4.98. The molecule has 0 aromatic heterocycles. The monoisotopic (exact) mass is 212 g/mol. The van der Waals surface area contributed by atoms with Crippen LogP contribution >= 0.6 is 0 Å². The van der Waals surface area contributed by atoms with E-state index in [9.17, 15) is 0 Å². The average molecular weight is 212 g/mol. The molecular weight excluding hydrogens is 184 g/mol. The Morgan fingerprint density at radius 2 is 2.07 bits per heavy atom. The minimum atomic E-state index is 0.117. The SMILES string of the molecule is C/C=C/CCNC(C)(CN)CCC(C)C. The molecule has 0 fully saturated rings. The fourth-order valence-electron chi connectivity index (χ4n) is 1.49. The molecule has 0 spiro atoms. The Hall–Kier alpha value is -0.340. The van der Waals surface area contributed by atoms with Gasteiger partial charge in [0.2, 0.25) is 0 Å². The fourth-order valence-corrected chi connectivity index (χ4v) is 1.49. The maximum absolute atomic E-state index is 5.83. The van der Waals surface area contributed by atoms with E-state index < -0.39 is 0 Å². The van der Waals surface area contributed by atoms with Crippen LogP contribution in [-0.2, 0) is 0 Å². The molecule has 0 aliphatic rings. The van der Waals surface area contributed by atoms with Gasteiger partial charge >= 0.3 is 0 Å². The van der Waals surface area contributed by atoms with Gasteiger partial charge in [-0.3, -0.25) is 0 Å². The van der Waals surface area contributed by atoms with Gasteiger partial charge in [-0.1, -0.05) is 26.0 Å². The van der Waals surface area contributed by atoms with Crippen LogP contribution in [0.2, 0.25) is 0 Å². The van der Waals surface area contributed by atoms with Crippen molar-refractivity contribution in [2.24, 2.45) is 11.7 Å². The van der Waals surface area contributed by atoms with Gasteiger partial charge in [0.1, 0.15) is 0 Å². The summed E-state index contributed by atoms with van der Waals surface area (Å²) in [5.41, 5.74) is 5.94. The largest absolute Gasteiger partial charge is 0.329 e. The zero-order valence-corrected chi connectivity index (χ0v) is 10.8. The van der Waals surface area contributed by atoms with Crippen molar-refractivity contribution in [3.8, 4) is 0 Å². The van der Waals surface area contributed by atoms with Gasteiger partial charge in [0.15, 0.2) is 0 Å². The Morgan fingerprint density at radius 3 is 2.53 bits per heavy atom. The molecule has 0 heterocycles. The number of allylic oxidation sites excluding steroid dienone is 1. The molecule has 0 rings (SSSR count). The van der Waals surface area contributed by atoms with E-state index in [4.69, 9.17) is 5.73 Å². The minimum Gasteiger partial charge on any atom is -0.329 e. The summed E-state index contributed by atoms with van der Waals surface area (Å²) in [5.74, 6) is 0.758. The lowest BCUT2D eigenvalue weighted by atomic mass is 9.92. The van der Waals surface area contributed by atoms with Gasteiger partial charge < -0.3 is 11.1 Å². The average Bonchev–Trinajstić information content (AvgIpc) is 2.22. The number of hydrogen-bond acceptors (Lipinski definition) is 2. The summed E-state index contributed by atoms with van der Waals surface area (Å²) in [4.78, 5) is 0. The van der Waals surface area contributed by atoms with E-state index in [1.807, 2.05) is 0 Å². The smallest absolute Gasteiger partial charge is 0.0275 e. The quantitative estimate of drug-likeness (QED) is 0.479. The Kier molecular flexibility index (Phi) is 7.71. The summed E-state index contributed by atoms with van der Waals surface area (Å²) in [6.45, 7) is 10.5. The van der Waals surface area contributed by atoms with Gasteiger partial charge in [0.05, 0.1) is 0 Å². The Bertz CT molecular complexity index is 175. The van der Waals surface area contributed by atoms with Crippen molar-refractivity contribution in [3.05, 3.63) is 12.2 Å². The van der Waals surface area contributed by atoms with Crippen molar-refractivity contribution in [2.75, 3.05) is 13.1 Å². The molecule has 0 saturated carbocycles. The third kappa shape index (κ3) is 7.57. The Balaban J connectivity index is 3.84. The highest BCUT2D eigenvalue weighted by molar-refractivity contribution is 4.86. The molecule has 0 bridgehead atoms. The number of rotatable bonds is 8. The molecule has 0 aromatic carbocycles. The maximum atomic E-state index is 5.83. The maximum Gasteiger partial charge on any atom is 0.0275 e. The molecule has 15 heavy (non-hydrogen) atoms. The first kappa shape index (κ1) is 14.7. The molecule has 0 saturated heterocycles. The molecule has 2 heteroatoms. The topological polar surface area (TPSA) is 38.0 Å². The third-order valence-corrected chi connectivity index (χ3v) is 2.82. The standard InChI is InChI=1S/C13H28N2/c1-5-6-7-10-15-13(4,11-14)9-8-12(2)3/h5-6,12,15H,7-11,14H2,1-4H3/b6-5+. The lowest BCUT2D eigenvalue weighted by molar-refractivity contribution is 0.316.